The molecule has 0 atom stereocenters. The van der Waals surface area contributed by atoms with E-state index in [0.29, 0.717) is 28.7 Å². The molecular weight excluding hydrogens is 378 g/mol. The number of esters is 1. The van der Waals surface area contributed by atoms with Crippen molar-refractivity contribution in [1.29, 1.82) is 0 Å². The number of carbonyl (C=O) groups is 2. The van der Waals surface area contributed by atoms with Crippen molar-refractivity contribution in [1.82, 2.24) is 0 Å². The topological polar surface area (TPSA) is 73.9 Å². The Labute approximate surface area is 166 Å². The third-order valence-electron chi connectivity index (χ3n) is 3.71. The molecule has 0 bridgehead atoms. The number of thiophene rings is 1. The Morgan fingerprint density at radius 2 is 1.75 bits per heavy atom. The van der Waals surface area contributed by atoms with Gasteiger partial charge in [0.1, 0.15) is 12.4 Å². The Bertz CT molecular complexity index is 921. The van der Waals surface area contributed by atoms with Gasteiger partial charge < -0.3 is 19.5 Å². The SMILES string of the molecule is COC(=O)c1sccc1Oc1ccc(NC(=O)COCc2ccccc2)cc1. The van der Waals surface area contributed by atoms with Crippen LogP contribution in [0.25, 0.3) is 0 Å². The molecule has 1 amide bonds. The molecule has 0 aliphatic rings. The van der Waals surface area contributed by atoms with Gasteiger partial charge in [0.15, 0.2) is 10.6 Å². The van der Waals surface area contributed by atoms with Crippen LogP contribution in [0.3, 0.4) is 0 Å². The van der Waals surface area contributed by atoms with Crippen molar-refractivity contribution in [2.45, 2.75) is 6.61 Å². The van der Waals surface area contributed by atoms with E-state index in [2.05, 4.69) is 5.32 Å². The highest BCUT2D eigenvalue weighted by molar-refractivity contribution is 7.12. The van der Waals surface area contributed by atoms with Crippen LogP contribution in [0.15, 0.2) is 66.0 Å². The van der Waals surface area contributed by atoms with Gasteiger partial charge in [0.25, 0.3) is 0 Å². The molecule has 3 rings (SSSR count). The normalized spacial score (nSPS) is 10.3. The monoisotopic (exact) mass is 397 g/mol. The number of hydrogen-bond donors (Lipinski definition) is 1. The number of carbonyl (C=O) groups excluding carboxylic acids is 2. The number of benzene rings is 2. The third-order valence-corrected chi connectivity index (χ3v) is 4.59. The smallest absolute Gasteiger partial charge is 0.351 e. The fourth-order valence-electron chi connectivity index (χ4n) is 2.39. The van der Waals surface area contributed by atoms with Gasteiger partial charge in [0.05, 0.1) is 13.7 Å². The van der Waals surface area contributed by atoms with Crippen LogP contribution in [-0.4, -0.2) is 25.6 Å². The average molecular weight is 397 g/mol. The van der Waals surface area contributed by atoms with Crippen LogP contribution in [0.5, 0.6) is 11.5 Å². The van der Waals surface area contributed by atoms with Crippen LogP contribution in [0.2, 0.25) is 0 Å². The molecule has 6 nitrogen and oxygen atoms in total. The van der Waals surface area contributed by atoms with Gasteiger partial charge in [0.2, 0.25) is 5.91 Å². The number of methoxy groups -OCH3 is 1. The van der Waals surface area contributed by atoms with Crippen molar-refractivity contribution in [2.24, 2.45) is 0 Å². The van der Waals surface area contributed by atoms with Gasteiger partial charge in [0, 0.05) is 5.69 Å². The third kappa shape index (κ3) is 5.42. The van der Waals surface area contributed by atoms with Crippen LogP contribution in [0.4, 0.5) is 5.69 Å². The highest BCUT2D eigenvalue weighted by Crippen LogP contribution is 2.30. The summed E-state index contributed by atoms with van der Waals surface area (Å²) in [5.41, 5.74) is 1.63. The van der Waals surface area contributed by atoms with E-state index < -0.39 is 5.97 Å². The summed E-state index contributed by atoms with van der Waals surface area (Å²) in [6.07, 6.45) is 0. The number of ether oxygens (including phenoxy) is 3. The first kappa shape index (κ1) is 19.6. The van der Waals surface area contributed by atoms with Crippen molar-refractivity contribution in [2.75, 3.05) is 19.0 Å². The molecule has 28 heavy (non-hydrogen) atoms. The maximum Gasteiger partial charge on any atom is 0.351 e. The van der Waals surface area contributed by atoms with Gasteiger partial charge in [-0.15, -0.1) is 11.3 Å². The molecule has 2 aromatic carbocycles. The first-order valence-corrected chi connectivity index (χ1v) is 9.39. The highest BCUT2D eigenvalue weighted by atomic mass is 32.1. The Morgan fingerprint density at radius 1 is 1.00 bits per heavy atom. The minimum absolute atomic E-state index is 0.0372. The van der Waals surface area contributed by atoms with E-state index >= 15 is 0 Å². The van der Waals surface area contributed by atoms with Gasteiger partial charge in [-0.05, 0) is 41.3 Å². The molecule has 144 valence electrons. The fourth-order valence-corrected chi connectivity index (χ4v) is 3.12. The van der Waals surface area contributed by atoms with Crippen LogP contribution >= 0.6 is 11.3 Å². The van der Waals surface area contributed by atoms with Crippen molar-refractivity contribution < 1.29 is 23.8 Å². The first-order valence-electron chi connectivity index (χ1n) is 8.51. The van der Waals surface area contributed by atoms with E-state index in [9.17, 15) is 9.59 Å². The van der Waals surface area contributed by atoms with Gasteiger partial charge >= 0.3 is 5.97 Å². The quantitative estimate of drug-likeness (QED) is 0.567. The first-order chi connectivity index (χ1) is 13.7. The molecule has 0 fully saturated rings. The second-order valence-electron chi connectivity index (χ2n) is 5.76. The summed E-state index contributed by atoms with van der Waals surface area (Å²) in [5.74, 6) is 0.296. The summed E-state index contributed by atoms with van der Waals surface area (Å²) in [6, 6.07) is 18.2. The number of amides is 1. The lowest BCUT2D eigenvalue weighted by molar-refractivity contribution is -0.121. The molecule has 0 saturated heterocycles. The van der Waals surface area contributed by atoms with Gasteiger partial charge in [-0.25, -0.2) is 4.79 Å². The Kier molecular flexibility index (Phi) is 6.78. The second-order valence-corrected chi connectivity index (χ2v) is 6.67. The van der Waals surface area contributed by atoms with Crippen LogP contribution < -0.4 is 10.1 Å². The summed E-state index contributed by atoms with van der Waals surface area (Å²) in [6.45, 7) is 0.342. The lowest BCUT2D eigenvalue weighted by Crippen LogP contribution is -2.18. The minimum Gasteiger partial charge on any atom is -0.465 e. The van der Waals surface area contributed by atoms with Gasteiger partial charge in [-0.1, -0.05) is 30.3 Å². The summed E-state index contributed by atoms with van der Waals surface area (Å²) < 4.78 is 15.9. The number of anilines is 1. The minimum atomic E-state index is -0.440. The molecule has 0 aliphatic heterocycles. The van der Waals surface area contributed by atoms with E-state index in [1.807, 2.05) is 30.3 Å². The maximum absolute atomic E-state index is 12.0. The summed E-state index contributed by atoms with van der Waals surface area (Å²) in [5, 5.41) is 4.52. The van der Waals surface area contributed by atoms with Crippen LogP contribution in [0.1, 0.15) is 15.2 Å². The number of rotatable bonds is 8. The summed E-state index contributed by atoms with van der Waals surface area (Å²) in [7, 11) is 1.33. The molecule has 0 unspecified atom stereocenters. The molecule has 3 aromatic rings. The Balaban J connectivity index is 1.49. The van der Waals surface area contributed by atoms with Crippen LogP contribution in [-0.2, 0) is 20.9 Å². The molecule has 1 heterocycles. The van der Waals surface area contributed by atoms with E-state index in [1.54, 1.807) is 35.7 Å². The molecule has 7 heteroatoms. The predicted octanol–water partition coefficient (Wildman–Crippen LogP) is 4.48. The van der Waals surface area contributed by atoms with E-state index in [1.165, 1.54) is 18.4 Å². The van der Waals surface area contributed by atoms with E-state index in [4.69, 9.17) is 14.2 Å². The van der Waals surface area contributed by atoms with Crippen molar-refractivity contribution >= 4 is 28.9 Å². The summed E-state index contributed by atoms with van der Waals surface area (Å²) >= 11 is 1.25. The van der Waals surface area contributed by atoms with E-state index in [-0.39, 0.29) is 12.5 Å². The largest absolute Gasteiger partial charge is 0.465 e. The molecular formula is C21H19NO5S. The standard InChI is InChI=1S/C21H19NO5S/c1-25-21(24)20-18(11-12-28-20)27-17-9-7-16(8-10-17)22-19(23)14-26-13-15-5-3-2-4-6-15/h2-12H,13-14H2,1H3,(H,22,23). The van der Waals surface area contributed by atoms with Crippen molar-refractivity contribution in [3.05, 3.63) is 76.5 Å². The summed E-state index contributed by atoms with van der Waals surface area (Å²) in [4.78, 5) is 24.1. The zero-order valence-corrected chi connectivity index (χ0v) is 16.0. The maximum atomic E-state index is 12.0. The Hall–Kier alpha value is -3.16. The van der Waals surface area contributed by atoms with Crippen molar-refractivity contribution in [3.63, 3.8) is 0 Å². The van der Waals surface area contributed by atoms with Gasteiger partial charge in [-0.2, -0.15) is 0 Å². The zero-order chi connectivity index (χ0) is 19.8. The molecule has 0 saturated carbocycles. The molecule has 0 radical (unpaired) electrons. The lowest BCUT2D eigenvalue weighted by Gasteiger charge is -2.09. The second kappa shape index (κ2) is 9.68. The number of nitrogens with one attached hydrogen (secondary N) is 1. The van der Waals surface area contributed by atoms with Crippen LogP contribution in [0, 0.1) is 0 Å². The van der Waals surface area contributed by atoms with Gasteiger partial charge in [-0.3, -0.25) is 4.79 Å². The average Bonchev–Trinajstić information content (AvgIpc) is 3.18. The molecule has 0 aliphatic carbocycles. The Morgan fingerprint density at radius 3 is 2.46 bits per heavy atom. The fraction of sp³-hybridized carbons (Fsp3) is 0.143. The molecule has 1 N–H and O–H groups in total. The van der Waals surface area contributed by atoms with Crippen molar-refractivity contribution in [3.8, 4) is 11.5 Å². The predicted molar refractivity (Wildman–Crippen MR) is 107 cm³/mol. The lowest BCUT2D eigenvalue weighted by atomic mass is 10.2. The van der Waals surface area contributed by atoms with E-state index in [0.717, 1.165) is 5.56 Å². The number of hydrogen-bond acceptors (Lipinski definition) is 6. The molecule has 0 spiro atoms. The zero-order valence-electron chi connectivity index (χ0n) is 15.2. The molecule has 1 aromatic heterocycles. The highest BCUT2D eigenvalue weighted by Gasteiger charge is 2.15.